The summed E-state index contributed by atoms with van der Waals surface area (Å²) in [6, 6.07) is 18.7. The van der Waals surface area contributed by atoms with Crippen molar-refractivity contribution in [3.63, 3.8) is 0 Å². The van der Waals surface area contributed by atoms with Crippen molar-refractivity contribution in [2.45, 2.75) is 11.8 Å². The molecule has 10 heteroatoms. The second-order valence-electron chi connectivity index (χ2n) is 7.07. The number of hydrogen-bond donors (Lipinski definition) is 1. The lowest BCUT2D eigenvalue weighted by atomic mass is 10.2. The molecule has 3 aromatic carbocycles. The Balaban J connectivity index is 1.40. The van der Waals surface area contributed by atoms with E-state index in [1.54, 1.807) is 41.1 Å². The molecule has 5 aromatic rings. The lowest BCUT2D eigenvalue weighted by Gasteiger charge is -2.11. The SMILES string of the molecule is Cc1ccc(S(=O)(=O)Nc2ccc(Oc3nc4ccccc4n4cnnc34)cc2)cc1Cl. The Morgan fingerprint density at radius 2 is 1.81 bits per heavy atom. The molecule has 5 rings (SSSR count). The standard InChI is InChI=1S/C22H16ClN5O3S/c1-14-6-11-17(12-18(14)23)32(29,30)27-15-7-9-16(10-8-15)31-22-21-26-24-13-28(21)20-5-3-2-4-19(20)25-22/h2-13,27H,1H3. The van der Waals surface area contributed by atoms with Gasteiger partial charge in [-0.05, 0) is 61.0 Å². The van der Waals surface area contributed by atoms with Gasteiger partial charge in [0.05, 0.1) is 15.9 Å². The van der Waals surface area contributed by atoms with Gasteiger partial charge in [-0.3, -0.25) is 9.12 Å². The smallest absolute Gasteiger partial charge is 0.266 e. The van der Waals surface area contributed by atoms with Crippen LogP contribution in [0.25, 0.3) is 16.7 Å². The summed E-state index contributed by atoms with van der Waals surface area (Å²) in [6.45, 7) is 1.81. The fourth-order valence-electron chi connectivity index (χ4n) is 3.20. The van der Waals surface area contributed by atoms with Crippen LogP contribution in [0.2, 0.25) is 5.02 Å². The molecule has 0 saturated heterocycles. The number of halogens is 1. The first-order chi connectivity index (χ1) is 15.4. The third-order valence-electron chi connectivity index (χ3n) is 4.88. The number of benzene rings is 3. The first kappa shape index (κ1) is 20.2. The van der Waals surface area contributed by atoms with Crippen molar-refractivity contribution in [3.8, 4) is 11.6 Å². The fourth-order valence-corrected chi connectivity index (χ4v) is 4.53. The van der Waals surface area contributed by atoms with Gasteiger partial charge in [-0.2, -0.15) is 0 Å². The number of rotatable bonds is 5. The quantitative estimate of drug-likeness (QED) is 0.399. The van der Waals surface area contributed by atoms with Gasteiger partial charge in [0.2, 0.25) is 5.65 Å². The van der Waals surface area contributed by atoms with Gasteiger partial charge < -0.3 is 4.74 Å². The second kappa shape index (κ2) is 7.77. The number of para-hydroxylation sites is 2. The Bertz CT molecular complexity index is 1570. The summed E-state index contributed by atoms with van der Waals surface area (Å²) in [5.74, 6) is 0.767. The van der Waals surface area contributed by atoms with Gasteiger partial charge in [0.25, 0.3) is 15.9 Å². The van der Waals surface area contributed by atoms with E-state index in [0.29, 0.717) is 28.0 Å². The fraction of sp³-hybridized carbons (Fsp3) is 0.0455. The number of nitrogens with one attached hydrogen (secondary N) is 1. The van der Waals surface area contributed by atoms with Crippen LogP contribution in [0, 0.1) is 6.92 Å². The Morgan fingerprint density at radius 3 is 2.59 bits per heavy atom. The molecule has 0 aliphatic carbocycles. The largest absolute Gasteiger partial charge is 0.436 e. The monoisotopic (exact) mass is 465 g/mol. The Kier molecular flexibility index (Phi) is 4.91. The number of sulfonamides is 1. The first-order valence-electron chi connectivity index (χ1n) is 9.56. The zero-order valence-electron chi connectivity index (χ0n) is 16.7. The molecule has 0 spiro atoms. The summed E-state index contributed by atoms with van der Waals surface area (Å²) in [4.78, 5) is 4.62. The lowest BCUT2D eigenvalue weighted by Crippen LogP contribution is -2.13. The number of fused-ring (bicyclic) bond motifs is 3. The van der Waals surface area contributed by atoms with Crippen LogP contribution < -0.4 is 9.46 Å². The molecule has 0 unspecified atom stereocenters. The summed E-state index contributed by atoms with van der Waals surface area (Å²) in [5, 5.41) is 8.44. The Labute approximate surface area is 188 Å². The molecule has 32 heavy (non-hydrogen) atoms. The van der Waals surface area contributed by atoms with Crippen molar-refractivity contribution < 1.29 is 13.2 Å². The molecule has 0 atom stereocenters. The van der Waals surface area contributed by atoms with Crippen molar-refractivity contribution in [1.82, 2.24) is 19.6 Å². The topological polar surface area (TPSA) is 98.5 Å². The highest BCUT2D eigenvalue weighted by molar-refractivity contribution is 7.92. The van der Waals surface area contributed by atoms with E-state index in [9.17, 15) is 8.42 Å². The molecular weight excluding hydrogens is 450 g/mol. The van der Waals surface area contributed by atoms with Crippen molar-refractivity contribution in [2.75, 3.05) is 4.72 Å². The van der Waals surface area contributed by atoms with Crippen molar-refractivity contribution in [2.24, 2.45) is 0 Å². The zero-order chi connectivity index (χ0) is 22.3. The van der Waals surface area contributed by atoms with Crippen LogP contribution in [-0.4, -0.2) is 28.0 Å². The number of aromatic nitrogens is 4. The number of hydrogen-bond acceptors (Lipinski definition) is 6. The van der Waals surface area contributed by atoms with Crippen LogP contribution in [-0.2, 0) is 10.0 Å². The van der Waals surface area contributed by atoms with Gasteiger partial charge in [-0.1, -0.05) is 29.8 Å². The van der Waals surface area contributed by atoms with Gasteiger partial charge in [0.15, 0.2) is 0 Å². The highest BCUT2D eigenvalue weighted by Crippen LogP contribution is 2.28. The van der Waals surface area contributed by atoms with E-state index in [0.717, 1.165) is 16.6 Å². The minimum atomic E-state index is -3.78. The van der Waals surface area contributed by atoms with E-state index in [4.69, 9.17) is 16.3 Å². The van der Waals surface area contributed by atoms with E-state index < -0.39 is 10.0 Å². The minimum Gasteiger partial charge on any atom is -0.436 e. The van der Waals surface area contributed by atoms with Crippen molar-refractivity contribution in [3.05, 3.63) is 83.6 Å². The molecule has 0 bridgehead atoms. The average Bonchev–Trinajstić information content (AvgIpc) is 3.27. The van der Waals surface area contributed by atoms with Crippen molar-refractivity contribution >= 4 is 44.0 Å². The maximum absolute atomic E-state index is 12.7. The first-order valence-corrected chi connectivity index (χ1v) is 11.4. The van der Waals surface area contributed by atoms with Gasteiger partial charge in [-0.15, -0.1) is 10.2 Å². The molecular formula is C22H16ClN5O3S. The summed E-state index contributed by atoms with van der Waals surface area (Å²) in [5.41, 5.74) is 3.26. The number of aryl methyl sites for hydroxylation is 1. The molecule has 0 amide bonds. The number of nitrogens with zero attached hydrogens (tertiary/aromatic N) is 4. The van der Waals surface area contributed by atoms with Crippen LogP contribution in [0.3, 0.4) is 0 Å². The van der Waals surface area contributed by atoms with E-state index in [2.05, 4.69) is 19.9 Å². The predicted octanol–water partition coefficient (Wildman–Crippen LogP) is 4.83. The maximum atomic E-state index is 12.7. The number of anilines is 1. The highest BCUT2D eigenvalue weighted by Gasteiger charge is 2.16. The lowest BCUT2D eigenvalue weighted by molar-refractivity contribution is 0.467. The van der Waals surface area contributed by atoms with E-state index >= 15 is 0 Å². The molecule has 160 valence electrons. The predicted molar refractivity (Wildman–Crippen MR) is 122 cm³/mol. The molecule has 0 aliphatic rings. The summed E-state index contributed by atoms with van der Waals surface area (Å²) in [6.07, 6.45) is 1.60. The summed E-state index contributed by atoms with van der Waals surface area (Å²) < 4.78 is 35.6. The van der Waals surface area contributed by atoms with Gasteiger partial charge >= 0.3 is 0 Å². The van der Waals surface area contributed by atoms with E-state index in [1.165, 1.54) is 12.1 Å². The Hall–Kier alpha value is -3.69. The normalized spacial score (nSPS) is 11.7. The molecule has 0 fully saturated rings. The molecule has 8 nitrogen and oxygen atoms in total. The molecule has 0 aliphatic heterocycles. The van der Waals surface area contributed by atoms with Crippen molar-refractivity contribution in [1.29, 1.82) is 0 Å². The minimum absolute atomic E-state index is 0.0861. The highest BCUT2D eigenvalue weighted by atomic mass is 35.5. The van der Waals surface area contributed by atoms with E-state index in [-0.39, 0.29) is 4.90 Å². The van der Waals surface area contributed by atoms with Crippen LogP contribution in [0.4, 0.5) is 5.69 Å². The van der Waals surface area contributed by atoms with Gasteiger partial charge in [0.1, 0.15) is 12.1 Å². The maximum Gasteiger partial charge on any atom is 0.266 e. The average molecular weight is 466 g/mol. The third kappa shape index (κ3) is 3.72. The summed E-state index contributed by atoms with van der Waals surface area (Å²) >= 11 is 6.06. The van der Waals surface area contributed by atoms with Gasteiger partial charge in [-0.25, -0.2) is 13.4 Å². The van der Waals surface area contributed by atoms with Crippen LogP contribution in [0.5, 0.6) is 11.6 Å². The summed E-state index contributed by atoms with van der Waals surface area (Å²) in [7, 11) is -3.78. The molecule has 1 N–H and O–H groups in total. The van der Waals surface area contributed by atoms with Crippen LogP contribution >= 0.6 is 11.6 Å². The molecule has 2 aromatic heterocycles. The van der Waals surface area contributed by atoms with Gasteiger partial charge in [0, 0.05) is 10.7 Å². The van der Waals surface area contributed by atoms with Crippen LogP contribution in [0.1, 0.15) is 5.56 Å². The second-order valence-corrected chi connectivity index (χ2v) is 9.16. The van der Waals surface area contributed by atoms with Crippen LogP contribution in [0.15, 0.2) is 78.0 Å². The zero-order valence-corrected chi connectivity index (χ0v) is 18.3. The Morgan fingerprint density at radius 1 is 1.03 bits per heavy atom. The molecule has 0 radical (unpaired) electrons. The van der Waals surface area contributed by atoms with E-state index in [1.807, 2.05) is 31.2 Å². The molecule has 0 saturated carbocycles. The third-order valence-corrected chi connectivity index (χ3v) is 6.66. The molecule has 2 heterocycles. The number of ether oxygens (including phenoxy) is 1.